The Bertz CT molecular complexity index is 379. The van der Waals surface area contributed by atoms with Crippen molar-refractivity contribution in [3.8, 4) is 11.3 Å². The molecule has 0 aliphatic rings. The largest absolute Gasteiger partial charge is 0.361 e. The highest BCUT2D eigenvalue weighted by molar-refractivity contribution is 5.61. The monoisotopic (exact) mass is 171 g/mol. The fourth-order valence-corrected chi connectivity index (χ4v) is 1.64. The van der Waals surface area contributed by atoms with Crippen LogP contribution in [0.3, 0.4) is 0 Å². The van der Waals surface area contributed by atoms with Crippen LogP contribution in [0, 0.1) is 13.8 Å². The van der Waals surface area contributed by atoms with Crippen LogP contribution < -0.4 is 0 Å². The summed E-state index contributed by atoms with van der Waals surface area (Å²) < 4.78 is 0. The average Bonchev–Trinajstić information content (AvgIpc) is 2.53. The Balaban J connectivity index is 2.53. The summed E-state index contributed by atoms with van der Waals surface area (Å²) in [5, 5.41) is 0. The SMILES string of the molecule is Cc1cc(C)cc(-c2ccc[nH]2)c1. The van der Waals surface area contributed by atoms with E-state index in [0.29, 0.717) is 0 Å². The van der Waals surface area contributed by atoms with Crippen molar-refractivity contribution in [1.82, 2.24) is 4.98 Å². The number of nitrogens with one attached hydrogen (secondary N) is 1. The molecule has 0 saturated heterocycles. The Morgan fingerprint density at radius 3 is 2.23 bits per heavy atom. The van der Waals surface area contributed by atoms with E-state index in [-0.39, 0.29) is 0 Å². The zero-order valence-electron chi connectivity index (χ0n) is 7.96. The minimum Gasteiger partial charge on any atom is -0.361 e. The molecule has 0 radical (unpaired) electrons. The lowest BCUT2D eigenvalue weighted by molar-refractivity contribution is 1.35. The highest BCUT2D eigenvalue weighted by atomic mass is 14.7. The summed E-state index contributed by atoms with van der Waals surface area (Å²) in [6, 6.07) is 10.7. The summed E-state index contributed by atoms with van der Waals surface area (Å²) in [6.45, 7) is 4.25. The molecule has 13 heavy (non-hydrogen) atoms. The molecular weight excluding hydrogens is 158 g/mol. The van der Waals surface area contributed by atoms with Crippen molar-refractivity contribution in [1.29, 1.82) is 0 Å². The van der Waals surface area contributed by atoms with Crippen molar-refractivity contribution in [2.24, 2.45) is 0 Å². The molecule has 0 spiro atoms. The van der Waals surface area contributed by atoms with Gasteiger partial charge < -0.3 is 4.98 Å². The Kier molecular flexibility index (Phi) is 1.93. The van der Waals surface area contributed by atoms with Gasteiger partial charge in [-0.15, -0.1) is 0 Å². The Morgan fingerprint density at radius 2 is 1.69 bits per heavy atom. The predicted octanol–water partition coefficient (Wildman–Crippen LogP) is 3.30. The first kappa shape index (κ1) is 8.11. The minimum atomic E-state index is 1.19. The topological polar surface area (TPSA) is 15.8 Å². The van der Waals surface area contributed by atoms with E-state index >= 15 is 0 Å². The zero-order valence-corrected chi connectivity index (χ0v) is 7.96. The van der Waals surface area contributed by atoms with Crippen molar-refractivity contribution >= 4 is 0 Å². The fraction of sp³-hybridized carbons (Fsp3) is 0.167. The van der Waals surface area contributed by atoms with E-state index in [0.717, 1.165) is 0 Å². The molecule has 1 heterocycles. The Morgan fingerprint density at radius 1 is 1.00 bits per heavy atom. The highest BCUT2D eigenvalue weighted by Gasteiger charge is 1.98. The van der Waals surface area contributed by atoms with E-state index in [9.17, 15) is 0 Å². The molecule has 2 rings (SSSR count). The number of hydrogen-bond donors (Lipinski definition) is 1. The van der Waals surface area contributed by atoms with E-state index in [2.05, 4.69) is 43.1 Å². The van der Waals surface area contributed by atoms with Crippen LogP contribution in [-0.4, -0.2) is 4.98 Å². The average molecular weight is 171 g/mol. The highest BCUT2D eigenvalue weighted by Crippen LogP contribution is 2.19. The number of aromatic amines is 1. The summed E-state index contributed by atoms with van der Waals surface area (Å²) >= 11 is 0. The van der Waals surface area contributed by atoms with Gasteiger partial charge >= 0.3 is 0 Å². The van der Waals surface area contributed by atoms with Crippen LogP contribution in [0.25, 0.3) is 11.3 Å². The lowest BCUT2D eigenvalue weighted by atomic mass is 10.1. The van der Waals surface area contributed by atoms with Crippen LogP contribution >= 0.6 is 0 Å². The molecule has 1 aromatic heterocycles. The molecule has 0 aliphatic heterocycles. The third kappa shape index (κ3) is 1.64. The zero-order chi connectivity index (χ0) is 9.26. The molecule has 1 N–H and O–H groups in total. The second-order valence-corrected chi connectivity index (χ2v) is 3.46. The van der Waals surface area contributed by atoms with Crippen LogP contribution in [0.4, 0.5) is 0 Å². The first-order chi connectivity index (χ1) is 6.25. The number of H-pyrrole nitrogens is 1. The molecule has 0 bridgehead atoms. The van der Waals surface area contributed by atoms with Gasteiger partial charge in [0, 0.05) is 11.9 Å². The van der Waals surface area contributed by atoms with Gasteiger partial charge in [0.15, 0.2) is 0 Å². The summed E-state index contributed by atoms with van der Waals surface area (Å²) in [4.78, 5) is 3.21. The number of benzene rings is 1. The van der Waals surface area contributed by atoms with Gasteiger partial charge in [0.2, 0.25) is 0 Å². The van der Waals surface area contributed by atoms with E-state index in [1.54, 1.807) is 0 Å². The van der Waals surface area contributed by atoms with Crippen molar-refractivity contribution in [3.05, 3.63) is 47.7 Å². The molecule has 0 atom stereocenters. The van der Waals surface area contributed by atoms with E-state index in [1.165, 1.54) is 22.4 Å². The third-order valence-electron chi connectivity index (χ3n) is 2.13. The second-order valence-electron chi connectivity index (χ2n) is 3.46. The van der Waals surface area contributed by atoms with E-state index in [1.807, 2.05) is 12.3 Å². The van der Waals surface area contributed by atoms with Gasteiger partial charge in [0.05, 0.1) is 0 Å². The molecular formula is C12H13N. The Hall–Kier alpha value is -1.50. The number of aryl methyl sites for hydroxylation is 2. The molecule has 1 nitrogen and oxygen atoms in total. The maximum Gasteiger partial charge on any atom is 0.0454 e. The van der Waals surface area contributed by atoms with Crippen molar-refractivity contribution in [2.45, 2.75) is 13.8 Å². The summed E-state index contributed by atoms with van der Waals surface area (Å²) in [5.74, 6) is 0. The van der Waals surface area contributed by atoms with E-state index in [4.69, 9.17) is 0 Å². The lowest BCUT2D eigenvalue weighted by Gasteiger charge is -2.02. The number of hydrogen-bond acceptors (Lipinski definition) is 0. The normalized spacial score (nSPS) is 10.3. The number of rotatable bonds is 1. The van der Waals surface area contributed by atoms with Crippen molar-refractivity contribution < 1.29 is 0 Å². The molecule has 0 saturated carbocycles. The molecule has 66 valence electrons. The second kappa shape index (κ2) is 3.09. The summed E-state index contributed by atoms with van der Waals surface area (Å²) in [7, 11) is 0. The fourth-order valence-electron chi connectivity index (χ4n) is 1.64. The predicted molar refractivity (Wildman–Crippen MR) is 55.7 cm³/mol. The van der Waals surface area contributed by atoms with Crippen LogP contribution in [0.15, 0.2) is 36.5 Å². The van der Waals surface area contributed by atoms with Crippen LogP contribution in [0.2, 0.25) is 0 Å². The molecule has 2 aromatic rings. The molecule has 0 aliphatic carbocycles. The van der Waals surface area contributed by atoms with Crippen LogP contribution in [-0.2, 0) is 0 Å². The van der Waals surface area contributed by atoms with E-state index < -0.39 is 0 Å². The lowest BCUT2D eigenvalue weighted by Crippen LogP contribution is -1.81. The number of aromatic nitrogens is 1. The molecule has 0 fully saturated rings. The van der Waals surface area contributed by atoms with Gasteiger partial charge in [-0.05, 0) is 43.7 Å². The molecule has 1 heteroatoms. The smallest absolute Gasteiger partial charge is 0.0454 e. The van der Waals surface area contributed by atoms with Gasteiger partial charge in [-0.25, -0.2) is 0 Å². The summed E-state index contributed by atoms with van der Waals surface area (Å²) in [6.07, 6.45) is 1.95. The van der Waals surface area contributed by atoms with Gasteiger partial charge in [-0.2, -0.15) is 0 Å². The van der Waals surface area contributed by atoms with Gasteiger partial charge in [0.1, 0.15) is 0 Å². The third-order valence-corrected chi connectivity index (χ3v) is 2.13. The van der Waals surface area contributed by atoms with Crippen LogP contribution in [0.5, 0.6) is 0 Å². The first-order valence-corrected chi connectivity index (χ1v) is 4.48. The van der Waals surface area contributed by atoms with Gasteiger partial charge in [-0.1, -0.05) is 17.2 Å². The summed E-state index contributed by atoms with van der Waals surface area (Å²) in [5.41, 5.74) is 5.07. The standard InChI is InChI=1S/C12H13N/c1-9-6-10(2)8-11(7-9)12-4-3-5-13-12/h3-8,13H,1-2H3. The van der Waals surface area contributed by atoms with Gasteiger partial charge in [0.25, 0.3) is 0 Å². The molecule has 0 amide bonds. The van der Waals surface area contributed by atoms with Gasteiger partial charge in [-0.3, -0.25) is 0 Å². The quantitative estimate of drug-likeness (QED) is 0.677. The maximum absolute atomic E-state index is 3.21. The van der Waals surface area contributed by atoms with Crippen molar-refractivity contribution in [3.63, 3.8) is 0 Å². The van der Waals surface area contributed by atoms with Crippen LogP contribution in [0.1, 0.15) is 11.1 Å². The Labute approximate surface area is 78.4 Å². The molecule has 1 aromatic carbocycles. The maximum atomic E-state index is 3.21. The minimum absolute atomic E-state index is 1.19. The molecule has 0 unspecified atom stereocenters. The first-order valence-electron chi connectivity index (χ1n) is 4.48. The van der Waals surface area contributed by atoms with Crippen molar-refractivity contribution in [2.75, 3.05) is 0 Å².